The summed E-state index contributed by atoms with van der Waals surface area (Å²) in [5.41, 5.74) is 0.204. The number of halogens is 3. The fourth-order valence-corrected chi connectivity index (χ4v) is 5.57. The maximum atomic E-state index is 12.5. The summed E-state index contributed by atoms with van der Waals surface area (Å²) >= 11 is 19.8. The molecule has 0 N–H and O–H groups in total. The van der Waals surface area contributed by atoms with E-state index in [2.05, 4.69) is 0 Å². The zero-order valence-corrected chi connectivity index (χ0v) is 13.4. The number of carbonyl (C=O) groups is 1. The number of alkyl halides is 3. The molecule has 3 rings (SSSR count). The Bertz CT molecular complexity index is 533. The van der Waals surface area contributed by atoms with E-state index >= 15 is 0 Å². The molecule has 1 aromatic rings. The molecule has 20 heavy (non-hydrogen) atoms. The molecule has 3 atom stereocenters. The highest BCUT2D eigenvalue weighted by atomic mass is 35.5. The van der Waals surface area contributed by atoms with Crippen molar-refractivity contribution in [1.29, 1.82) is 0 Å². The number of rotatable bonds is 1. The van der Waals surface area contributed by atoms with Gasteiger partial charge in [-0.3, -0.25) is 4.79 Å². The van der Waals surface area contributed by atoms with Gasteiger partial charge in [0.15, 0.2) is 0 Å². The number of hydrogen-bond acceptors (Lipinski definition) is 1. The van der Waals surface area contributed by atoms with E-state index in [1.807, 2.05) is 30.3 Å². The summed E-state index contributed by atoms with van der Waals surface area (Å²) < 4.78 is -1.51. The second-order valence-electron chi connectivity index (χ2n) is 5.64. The summed E-state index contributed by atoms with van der Waals surface area (Å²) in [6.45, 7) is 0. The minimum absolute atomic E-state index is 0.0522. The summed E-state index contributed by atoms with van der Waals surface area (Å²) in [4.78, 5) is 14.2. The molecule has 0 bridgehead atoms. The van der Waals surface area contributed by atoms with Gasteiger partial charge in [0.05, 0.1) is 5.41 Å². The van der Waals surface area contributed by atoms with Crippen molar-refractivity contribution >= 4 is 40.7 Å². The first kappa shape index (κ1) is 14.5. The molecule has 5 heteroatoms. The molecule has 0 aromatic heterocycles. The first-order chi connectivity index (χ1) is 9.44. The van der Waals surface area contributed by atoms with Gasteiger partial charge in [-0.1, -0.05) is 53.5 Å². The van der Waals surface area contributed by atoms with Crippen LogP contribution in [0, 0.1) is 0 Å². The lowest BCUT2D eigenvalue weighted by molar-refractivity contribution is -0.128. The monoisotopic (exact) mass is 331 g/mol. The van der Waals surface area contributed by atoms with Crippen molar-refractivity contribution in [3.8, 4) is 0 Å². The Hall–Kier alpha value is -0.440. The molecule has 2 aliphatic rings. The van der Waals surface area contributed by atoms with E-state index in [0.717, 1.165) is 24.8 Å². The normalized spacial score (nSPS) is 36.0. The van der Waals surface area contributed by atoms with E-state index in [1.54, 1.807) is 11.9 Å². The van der Waals surface area contributed by atoms with Crippen LogP contribution in [0.4, 0.5) is 0 Å². The molecule has 108 valence electrons. The van der Waals surface area contributed by atoms with E-state index < -0.39 is 9.75 Å². The van der Waals surface area contributed by atoms with E-state index in [-0.39, 0.29) is 17.3 Å². The highest BCUT2D eigenvalue weighted by Gasteiger charge is 2.71. The van der Waals surface area contributed by atoms with Crippen LogP contribution in [0.2, 0.25) is 0 Å². The lowest BCUT2D eigenvalue weighted by Crippen LogP contribution is -2.57. The minimum atomic E-state index is -1.51. The van der Waals surface area contributed by atoms with Gasteiger partial charge in [0.25, 0.3) is 5.91 Å². The van der Waals surface area contributed by atoms with Gasteiger partial charge in [-0.2, -0.15) is 0 Å². The average molecular weight is 333 g/mol. The SMILES string of the molecule is CN1C(=O)C(Cl)(Cl)[C@@]2(c3ccccc3)C(Cl)CCC[C@@H]12. The lowest BCUT2D eigenvalue weighted by Gasteiger charge is -2.47. The molecule has 1 heterocycles. The van der Waals surface area contributed by atoms with Crippen LogP contribution in [0.15, 0.2) is 30.3 Å². The third kappa shape index (κ3) is 1.62. The zero-order valence-electron chi connectivity index (χ0n) is 11.2. The quantitative estimate of drug-likeness (QED) is 0.718. The molecule has 0 radical (unpaired) electrons. The second-order valence-corrected chi connectivity index (χ2v) is 7.49. The van der Waals surface area contributed by atoms with Crippen molar-refractivity contribution in [3.05, 3.63) is 35.9 Å². The van der Waals surface area contributed by atoms with Crippen molar-refractivity contribution in [2.24, 2.45) is 0 Å². The Balaban J connectivity index is 2.27. The molecule has 1 amide bonds. The predicted molar refractivity (Wildman–Crippen MR) is 82.6 cm³/mol. The largest absolute Gasteiger partial charge is 0.339 e. The number of nitrogens with zero attached hydrogens (tertiary/aromatic N) is 1. The predicted octanol–water partition coefficient (Wildman–Crippen LogP) is 3.73. The molecule has 1 aliphatic heterocycles. The molecule has 1 saturated carbocycles. The number of fused-ring (bicyclic) bond motifs is 1. The molecule has 2 nitrogen and oxygen atoms in total. The zero-order chi connectivity index (χ0) is 14.5. The minimum Gasteiger partial charge on any atom is -0.339 e. The smallest absolute Gasteiger partial charge is 0.260 e. The summed E-state index contributed by atoms with van der Waals surface area (Å²) in [6.07, 6.45) is 2.67. The number of likely N-dealkylation sites (tertiary alicyclic amines) is 1. The topological polar surface area (TPSA) is 20.3 Å². The van der Waals surface area contributed by atoms with Gasteiger partial charge in [-0.15, -0.1) is 11.6 Å². The van der Waals surface area contributed by atoms with Gasteiger partial charge in [-0.05, 0) is 24.8 Å². The van der Waals surface area contributed by atoms with Crippen molar-refractivity contribution in [2.45, 2.75) is 40.4 Å². The molecule has 1 unspecified atom stereocenters. The molecule has 1 aromatic carbocycles. The standard InChI is InChI=1S/C15H16Cl3NO/c1-19-12-9-5-8-11(16)14(12,15(17,18)13(19)20)10-6-3-2-4-7-10/h2-4,6-7,11-12H,5,8-9H2,1H3/t11?,12-,14+/m1/s1. The molecule has 0 spiro atoms. The average Bonchev–Trinajstić information content (AvgIpc) is 2.60. The van der Waals surface area contributed by atoms with Crippen LogP contribution in [0.1, 0.15) is 24.8 Å². The van der Waals surface area contributed by atoms with Gasteiger partial charge in [0.2, 0.25) is 4.33 Å². The van der Waals surface area contributed by atoms with Crippen LogP contribution in [-0.2, 0) is 10.2 Å². The van der Waals surface area contributed by atoms with E-state index in [0.29, 0.717) is 0 Å². The maximum Gasteiger partial charge on any atom is 0.260 e. The molecule has 2 fully saturated rings. The Labute approximate surface area is 134 Å². The number of amides is 1. The van der Waals surface area contributed by atoms with Crippen molar-refractivity contribution in [1.82, 2.24) is 4.90 Å². The van der Waals surface area contributed by atoms with Crippen molar-refractivity contribution in [3.63, 3.8) is 0 Å². The fourth-order valence-electron chi connectivity index (χ4n) is 3.87. The molecule has 1 saturated heterocycles. The van der Waals surface area contributed by atoms with Gasteiger partial charge in [0.1, 0.15) is 0 Å². The maximum absolute atomic E-state index is 12.5. The summed E-state index contributed by atoms with van der Waals surface area (Å²) in [5.74, 6) is -0.248. The van der Waals surface area contributed by atoms with Crippen LogP contribution >= 0.6 is 34.8 Å². The van der Waals surface area contributed by atoms with Crippen LogP contribution < -0.4 is 0 Å². The summed E-state index contributed by atoms with van der Waals surface area (Å²) in [7, 11) is 1.77. The molecule has 1 aliphatic carbocycles. The number of likely N-dealkylation sites (N-methyl/N-ethyl adjacent to an activating group) is 1. The lowest BCUT2D eigenvalue weighted by atomic mass is 9.65. The third-order valence-corrected chi connectivity index (χ3v) is 6.29. The first-order valence-corrected chi connectivity index (χ1v) is 7.98. The number of benzene rings is 1. The Kier molecular flexibility index (Phi) is 3.47. The van der Waals surface area contributed by atoms with Gasteiger partial charge < -0.3 is 4.90 Å². The fraction of sp³-hybridized carbons (Fsp3) is 0.533. The van der Waals surface area contributed by atoms with Crippen molar-refractivity contribution in [2.75, 3.05) is 7.05 Å². The first-order valence-electron chi connectivity index (χ1n) is 6.78. The Morgan fingerprint density at radius 2 is 1.85 bits per heavy atom. The van der Waals surface area contributed by atoms with Crippen LogP contribution in [0.3, 0.4) is 0 Å². The second kappa shape index (κ2) is 4.79. The number of carbonyl (C=O) groups excluding carboxylic acids is 1. The van der Waals surface area contributed by atoms with Gasteiger partial charge >= 0.3 is 0 Å². The Morgan fingerprint density at radius 1 is 1.20 bits per heavy atom. The van der Waals surface area contributed by atoms with E-state index in [9.17, 15) is 4.79 Å². The van der Waals surface area contributed by atoms with Gasteiger partial charge in [0, 0.05) is 18.5 Å². The Morgan fingerprint density at radius 3 is 2.50 bits per heavy atom. The molecular formula is C15H16Cl3NO. The van der Waals surface area contributed by atoms with Crippen molar-refractivity contribution < 1.29 is 4.79 Å². The summed E-state index contributed by atoms with van der Waals surface area (Å²) in [6, 6.07) is 9.70. The highest BCUT2D eigenvalue weighted by Crippen LogP contribution is 2.60. The van der Waals surface area contributed by atoms with Crippen LogP contribution in [0.5, 0.6) is 0 Å². The van der Waals surface area contributed by atoms with E-state index in [4.69, 9.17) is 34.8 Å². The van der Waals surface area contributed by atoms with E-state index in [1.165, 1.54) is 0 Å². The third-order valence-electron chi connectivity index (χ3n) is 4.78. The van der Waals surface area contributed by atoms with Gasteiger partial charge in [-0.25, -0.2) is 0 Å². The summed E-state index contributed by atoms with van der Waals surface area (Å²) in [5, 5.41) is -0.257. The van der Waals surface area contributed by atoms with Crippen LogP contribution in [-0.4, -0.2) is 33.6 Å². The van der Waals surface area contributed by atoms with Crippen LogP contribution in [0.25, 0.3) is 0 Å². The highest BCUT2D eigenvalue weighted by molar-refractivity contribution is 6.60. The number of hydrogen-bond donors (Lipinski definition) is 0. The molecular weight excluding hydrogens is 317 g/mol.